The number of aromatic nitrogens is 1. The molecule has 0 amide bonds. The first-order valence-corrected chi connectivity index (χ1v) is 6.16. The van der Waals surface area contributed by atoms with Crippen molar-refractivity contribution in [2.45, 2.75) is 13.0 Å². The SMILES string of the molecule is CC(Nc1cc(Cl)c(F)cc1[N+](=O)[O-])c1cccnc1. The van der Waals surface area contributed by atoms with E-state index in [4.69, 9.17) is 11.6 Å². The monoisotopic (exact) mass is 295 g/mol. The van der Waals surface area contributed by atoms with Crippen molar-refractivity contribution in [3.05, 3.63) is 63.2 Å². The van der Waals surface area contributed by atoms with Gasteiger partial charge in [-0.3, -0.25) is 15.1 Å². The molecule has 0 aliphatic heterocycles. The van der Waals surface area contributed by atoms with Gasteiger partial charge >= 0.3 is 0 Å². The van der Waals surface area contributed by atoms with Crippen molar-refractivity contribution in [1.29, 1.82) is 0 Å². The molecule has 104 valence electrons. The lowest BCUT2D eigenvalue weighted by Gasteiger charge is -2.15. The number of pyridine rings is 1. The minimum absolute atomic E-state index is 0.165. The van der Waals surface area contributed by atoms with Crippen LogP contribution < -0.4 is 5.32 Å². The van der Waals surface area contributed by atoms with E-state index in [-0.39, 0.29) is 22.4 Å². The summed E-state index contributed by atoms with van der Waals surface area (Å²) in [6.45, 7) is 1.82. The van der Waals surface area contributed by atoms with Gasteiger partial charge in [-0.1, -0.05) is 17.7 Å². The normalized spacial score (nSPS) is 11.9. The summed E-state index contributed by atoms with van der Waals surface area (Å²) >= 11 is 5.67. The van der Waals surface area contributed by atoms with Gasteiger partial charge in [0.1, 0.15) is 11.5 Å². The summed E-state index contributed by atoms with van der Waals surface area (Å²) in [5, 5.41) is 13.7. The van der Waals surface area contributed by atoms with E-state index in [0.29, 0.717) is 0 Å². The fraction of sp³-hybridized carbons (Fsp3) is 0.154. The highest BCUT2D eigenvalue weighted by atomic mass is 35.5. The Balaban J connectivity index is 2.33. The molecule has 0 bridgehead atoms. The minimum atomic E-state index is -0.821. The first-order chi connectivity index (χ1) is 9.49. The average Bonchev–Trinajstić information content (AvgIpc) is 2.43. The number of rotatable bonds is 4. The summed E-state index contributed by atoms with van der Waals surface area (Å²) in [5.74, 6) is -0.821. The molecule has 1 heterocycles. The molecule has 1 N–H and O–H groups in total. The Morgan fingerprint density at radius 1 is 1.50 bits per heavy atom. The van der Waals surface area contributed by atoms with Gasteiger partial charge in [-0.25, -0.2) is 4.39 Å². The number of nitro groups is 1. The van der Waals surface area contributed by atoms with Gasteiger partial charge in [-0.15, -0.1) is 0 Å². The number of hydrogen-bond acceptors (Lipinski definition) is 4. The van der Waals surface area contributed by atoms with Crippen LogP contribution >= 0.6 is 11.6 Å². The highest BCUT2D eigenvalue weighted by Crippen LogP contribution is 2.32. The second kappa shape index (κ2) is 5.83. The number of anilines is 1. The maximum Gasteiger partial charge on any atom is 0.295 e. The lowest BCUT2D eigenvalue weighted by Crippen LogP contribution is -2.09. The van der Waals surface area contributed by atoms with Crippen molar-refractivity contribution in [3.63, 3.8) is 0 Å². The Bertz CT molecular complexity index is 637. The zero-order chi connectivity index (χ0) is 14.7. The van der Waals surface area contributed by atoms with Gasteiger partial charge in [0.2, 0.25) is 0 Å². The van der Waals surface area contributed by atoms with Crippen LogP contribution in [0.2, 0.25) is 5.02 Å². The van der Waals surface area contributed by atoms with Gasteiger partial charge in [0, 0.05) is 12.4 Å². The van der Waals surface area contributed by atoms with Gasteiger partial charge in [-0.2, -0.15) is 0 Å². The molecular weight excluding hydrogens is 285 g/mol. The Morgan fingerprint density at radius 2 is 2.25 bits per heavy atom. The molecule has 0 spiro atoms. The largest absolute Gasteiger partial charge is 0.373 e. The molecule has 1 aromatic heterocycles. The van der Waals surface area contributed by atoms with Crippen LogP contribution in [0.3, 0.4) is 0 Å². The number of nitrogens with zero attached hydrogens (tertiary/aromatic N) is 2. The highest BCUT2D eigenvalue weighted by molar-refractivity contribution is 6.31. The Morgan fingerprint density at radius 3 is 2.85 bits per heavy atom. The quantitative estimate of drug-likeness (QED) is 0.685. The molecule has 0 aliphatic rings. The molecule has 1 unspecified atom stereocenters. The van der Waals surface area contributed by atoms with Crippen LogP contribution in [0.5, 0.6) is 0 Å². The summed E-state index contributed by atoms with van der Waals surface area (Å²) in [4.78, 5) is 14.3. The van der Waals surface area contributed by atoms with Crippen LogP contribution in [0.15, 0.2) is 36.7 Å². The van der Waals surface area contributed by atoms with Crippen molar-refractivity contribution in [3.8, 4) is 0 Å². The maximum absolute atomic E-state index is 13.3. The molecule has 7 heteroatoms. The molecular formula is C13H11ClFN3O2. The van der Waals surface area contributed by atoms with E-state index >= 15 is 0 Å². The zero-order valence-electron chi connectivity index (χ0n) is 10.5. The lowest BCUT2D eigenvalue weighted by molar-refractivity contribution is -0.384. The van der Waals surface area contributed by atoms with Gasteiger partial charge < -0.3 is 5.32 Å². The second-order valence-corrected chi connectivity index (χ2v) is 4.60. The van der Waals surface area contributed by atoms with E-state index in [9.17, 15) is 14.5 Å². The Kier molecular flexibility index (Phi) is 4.14. The summed E-state index contributed by atoms with van der Waals surface area (Å²) < 4.78 is 13.3. The van der Waals surface area contributed by atoms with Gasteiger partial charge in [0.15, 0.2) is 0 Å². The van der Waals surface area contributed by atoms with Crippen molar-refractivity contribution in [1.82, 2.24) is 4.98 Å². The van der Waals surface area contributed by atoms with Crippen molar-refractivity contribution in [2.75, 3.05) is 5.32 Å². The topological polar surface area (TPSA) is 68.1 Å². The number of nitro benzene ring substituents is 1. The van der Waals surface area contributed by atoms with Crippen LogP contribution in [0.1, 0.15) is 18.5 Å². The van der Waals surface area contributed by atoms with Gasteiger partial charge in [0.25, 0.3) is 5.69 Å². The molecule has 1 atom stereocenters. The molecule has 5 nitrogen and oxygen atoms in total. The number of nitrogens with one attached hydrogen (secondary N) is 1. The van der Waals surface area contributed by atoms with Crippen LogP contribution in [-0.2, 0) is 0 Å². The van der Waals surface area contributed by atoms with Crippen LogP contribution in [0, 0.1) is 15.9 Å². The summed E-state index contributed by atoms with van der Waals surface area (Å²) in [5.41, 5.74) is 0.655. The lowest BCUT2D eigenvalue weighted by atomic mass is 10.1. The molecule has 0 fully saturated rings. The van der Waals surface area contributed by atoms with E-state index in [2.05, 4.69) is 10.3 Å². The molecule has 0 saturated carbocycles. The predicted octanol–water partition coefficient (Wildman–Crippen LogP) is 3.96. The third-order valence-electron chi connectivity index (χ3n) is 2.79. The number of hydrogen-bond donors (Lipinski definition) is 1. The number of benzene rings is 1. The van der Waals surface area contributed by atoms with Crippen LogP contribution in [0.25, 0.3) is 0 Å². The smallest absolute Gasteiger partial charge is 0.295 e. The Hall–Kier alpha value is -2.21. The first kappa shape index (κ1) is 14.2. The minimum Gasteiger partial charge on any atom is -0.373 e. The third-order valence-corrected chi connectivity index (χ3v) is 3.08. The van der Waals surface area contributed by atoms with E-state index in [1.165, 1.54) is 6.07 Å². The first-order valence-electron chi connectivity index (χ1n) is 5.79. The van der Waals surface area contributed by atoms with E-state index in [0.717, 1.165) is 11.6 Å². The molecule has 20 heavy (non-hydrogen) atoms. The van der Waals surface area contributed by atoms with Crippen LogP contribution in [-0.4, -0.2) is 9.91 Å². The fourth-order valence-electron chi connectivity index (χ4n) is 1.75. The van der Waals surface area contributed by atoms with Crippen LogP contribution in [0.4, 0.5) is 15.8 Å². The molecule has 0 aliphatic carbocycles. The van der Waals surface area contributed by atoms with E-state index in [1.807, 2.05) is 13.0 Å². The number of halogens is 2. The van der Waals surface area contributed by atoms with Gasteiger partial charge in [-0.05, 0) is 24.6 Å². The zero-order valence-corrected chi connectivity index (χ0v) is 11.3. The third kappa shape index (κ3) is 3.03. The second-order valence-electron chi connectivity index (χ2n) is 4.19. The van der Waals surface area contributed by atoms with E-state index < -0.39 is 10.7 Å². The fourth-order valence-corrected chi connectivity index (χ4v) is 1.92. The van der Waals surface area contributed by atoms with Crippen molar-refractivity contribution in [2.24, 2.45) is 0 Å². The molecule has 2 aromatic rings. The highest BCUT2D eigenvalue weighted by Gasteiger charge is 2.19. The Labute approximate surface area is 119 Å². The molecule has 1 aromatic carbocycles. The maximum atomic E-state index is 13.3. The van der Waals surface area contributed by atoms with Crippen molar-refractivity contribution >= 4 is 23.0 Å². The average molecular weight is 296 g/mol. The molecule has 2 rings (SSSR count). The van der Waals surface area contributed by atoms with Crippen molar-refractivity contribution < 1.29 is 9.31 Å². The molecule has 0 radical (unpaired) electrons. The van der Waals surface area contributed by atoms with E-state index in [1.54, 1.807) is 18.5 Å². The summed E-state index contributed by atoms with van der Waals surface area (Å²) in [6, 6.07) is 5.38. The molecule has 0 saturated heterocycles. The standard InChI is InChI=1S/C13H11ClFN3O2/c1-8(9-3-2-4-16-7-9)17-12-5-10(14)11(15)6-13(12)18(19)20/h2-8,17H,1H3. The summed E-state index contributed by atoms with van der Waals surface area (Å²) in [6.07, 6.45) is 3.28. The predicted molar refractivity (Wildman–Crippen MR) is 74.3 cm³/mol. The summed E-state index contributed by atoms with van der Waals surface area (Å²) in [7, 11) is 0. The van der Waals surface area contributed by atoms with Gasteiger partial charge in [0.05, 0.1) is 22.1 Å².